The third kappa shape index (κ3) is 2.28. The van der Waals surface area contributed by atoms with Crippen molar-refractivity contribution in [1.29, 1.82) is 0 Å². The van der Waals surface area contributed by atoms with Gasteiger partial charge in [0.1, 0.15) is 0 Å². The Kier molecular flexibility index (Phi) is 3.21. The van der Waals surface area contributed by atoms with E-state index in [0.717, 1.165) is 22.3 Å². The van der Waals surface area contributed by atoms with Gasteiger partial charge in [-0.15, -0.1) is 0 Å². The molecule has 20 heavy (non-hydrogen) atoms. The van der Waals surface area contributed by atoms with Gasteiger partial charge < -0.3 is 11.1 Å². The molecule has 0 aliphatic carbocycles. The number of nitrogens with one attached hydrogen (secondary N) is 1. The first-order valence-corrected chi connectivity index (χ1v) is 6.55. The van der Waals surface area contributed by atoms with E-state index in [0.29, 0.717) is 0 Å². The molecule has 4 nitrogen and oxygen atoms in total. The summed E-state index contributed by atoms with van der Waals surface area (Å²) in [6.07, 6.45) is 5.36. The highest BCUT2D eigenvalue weighted by Gasteiger charge is 2.09. The largest absolute Gasteiger partial charge is 0.397 e. The Bertz CT molecular complexity index is 725. The predicted octanol–water partition coefficient (Wildman–Crippen LogP) is 3.39. The van der Waals surface area contributed by atoms with Crippen molar-refractivity contribution in [3.8, 4) is 0 Å². The van der Waals surface area contributed by atoms with Crippen LogP contribution < -0.4 is 11.1 Å². The quantitative estimate of drug-likeness (QED) is 0.712. The summed E-state index contributed by atoms with van der Waals surface area (Å²) in [5, 5.41) is 4.41. The fourth-order valence-corrected chi connectivity index (χ4v) is 2.27. The van der Waals surface area contributed by atoms with E-state index in [1.807, 2.05) is 36.4 Å². The molecule has 4 heteroatoms. The number of pyridine rings is 2. The van der Waals surface area contributed by atoms with Crippen LogP contribution in [0.1, 0.15) is 18.5 Å². The minimum atomic E-state index is 0.162. The fourth-order valence-electron chi connectivity index (χ4n) is 2.27. The Morgan fingerprint density at radius 3 is 2.65 bits per heavy atom. The first-order chi connectivity index (χ1) is 9.75. The van der Waals surface area contributed by atoms with Crippen LogP contribution in [0.15, 0.2) is 55.0 Å². The third-order valence-corrected chi connectivity index (χ3v) is 3.40. The summed E-state index contributed by atoms with van der Waals surface area (Å²) in [5.41, 5.74) is 9.97. The molecule has 3 rings (SSSR count). The molecule has 0 saturated carbocycles. The van der Waals surface area contributed by atoms with Crippen LogP contribution in [-0.2, 0) is 0 Å². The van der Waals surface area contributed by atoms with Crippen LogP contribution in [-0.4, -0.2) is 9.97 Å². The second-order valence-corrected chi connectivity index (χ2v) is 4.74. The maximum absolute atomic E-state index is 6.23. The Hall–Kier alpha value is -2.62. The number of anilines is 2. The summed E-state index contributed by atoms with van der Waals surface area (Å²) in [5.74, 6) is 0. The molecular formula is C16H16N4. The van der Waals surface area contributed by atoms with E-state index in [2.05, 4.69) is 22.2 Å². The van der Waals surface area contributed by atoms with Gasteiger partial charge in [-0.3, -0.25) is 9.97 Å². The van der Waals surface area contributed by atoms with E-state index < -0.39 is 0 Å². The summed E-state index contributed by atoms with van der Waals surface area (Å²) in [6, 6.07) is 12.0. The first-order valence-electron chi connectivity index (χ1n) is 6.55. The predicted molar refractivity (Wildman–Crippen MR) is 82.4 cm³/mol. The van der Waals surface area contributed by atoms with Crippen LogP contribution in [0.25, 0.3) is 10.9 Å². The van der Waals surface area contributed by atoms with Gasteiger partial charge in [-0.25, -0.2) is 0 Å². The molecule has 0 radical (unpaired) electrons. The van der Waals surface area contributed by atoms with Crippen LogP contribution in [0.4, 0.5) is 11.4 Å². The number of benzene rings is 1. The number of hydrogen-bond donors (Lipinski definition) is 2. The van der Waals surface area contributed by atoms with Gasteiger partial charge in [0.25, 0.3) is 0 Å². The molecule has 2 aromatic heterocycles. The molecule has 3 N–H and O–H groups in total. The molecule has 1 unspecified atom stereocenters. The van der Waals surface area contributed by atoms with E-state index in [4.69, 9.17) is 5.73 Å². The van der Waals surface area contributed by atoms with Crippen LogP contribution in [0.3, 0.4) is 0 Å². The average molecular weight is 264 g/mol. The molecule has 0 amide bonds. The van der Waals surface area contributed by atoms with Gasteiger partial charge in [0.2, 0.25) is 0 Å². The van der Waals surface area contributed by atoms with Crippen molar-refractivity contribution in [3.63, 3.8) is 0 Å². The lowest BCUT2D eigenvalue weighted by atomic mass is 10.1. The lowest BCUT2D eigenvalue weighted by Gasteiger charge is -2.17. The van der Waals surface area contributed by atoms with Crippen molar-refractivity contribution in [2.24, 2.45) is 0 Å². The number of nitrogens with two attached hydrogens (primary N) is 1. The summed E-state index contributed by atoms with van der Waals surface area (Å²) in [6.45, 7) is 2.10. The number of rotatable bonds is 3. The highest BCUT2D eigenvalue weighted by molar-refractivity contribution is 5.96. The molecule has 0 bridgehead atoms. The smallest absolute Gasteiger partial charge is 0.0724 e. The monoisotopic (exact) mass is 264 g/mol. The van der Waals surface area contributed by atoms with E-state index in [1.165, 1.54) is 5.56 Å². The molecule has 2 heterocycles. The topological polar surface area (TPSA) is 63.8 Å². The standard InChI is InChI=1S/C16H16N4/c1-11(12-6-9-18-10-7-12)20-15-5-4-14-13(16(15)17)3-2-8-19-14/h2-11,20H,17H2,1H3. The van der Waals surface area contributed by atoms with Gasteiger partial charge in [-0.2, -0.15) is 0 Å². The molecule has 0 fully saturated rings. The summed E-state index contributed by atoms with van der Waals surface area (Å²) >= 11 is 0. The average Bonchev–Trinajstić information content (AvgIpc) is 2.51. The highest BCUT2D eigenvalue weighted by Crippen LogP contribution is 2.30. The van der Waals surface area contributed by atoms with Crippen LogP contribution in [0, 0.1) is 0 Å². The maximum Gasteiger partial charge on any atom is 0.0724 e. The van der Waals surface area contributed by atoms with E-state index in [-0.39, 0.29) is 6.04 Å². The zero-order valence-electron chi connectivity index (χ0n) is 11.2. The molecule has 1 atom stereocenters. The number of aromatic nitrogens is 2. The normalized spacial score (nSPS) is 12.2. The third-order valence-electron chi connectivity index (χ3n) is 3.40. The van der Waals surface area contributed by atoms with Crippen molar-refractivity contribution in [1.82, 2.24) is 9.97 Å². The second kappa shape index (κ2) is 5.17. The van der Waals surface area contributed by atoms with Crippen molar-refractivity contribution in [2.45, 2.75) is 13.0 Å². The number of fused-ring (bicyclic) bond motifs is 1. The molecule has 100 valence electrons. The van der Waals surface area contributed by atoms with E-state index >= 15 is 0 Å². The second-order valence-electron chi connectivity index (χ2n) is 4.74. The van der Waals surface area contributed by atoms with Crippen molar-refractivity contribution in [3.05, 3.63) is 60.6 Å². The summed E-state index contributed by atoms with van der Waals surface area (Å²) < 4.78 is 0. The minimum Gasteiger partial charge on any atom is -0.397 e. The first kappa shape index (κ1) is 12.4. The molecular weight excluding hydrogens is 248 g/mol. The Labute approximate surface area is 117 Å². The maximum atomic E-state index is 6.23. The van der Waals surface area contributed by atoms with Gasteiger partial charge in [-0.05, 0) is 48.9 Å². The highest BCUT2D eigenvalue weighted by atomic mass is 14.9. The van der Waals surface area contributed by atoms with Gasteiger partial charge in [0.15, 0.2) is 0 Å². The molecule has 0 spiro atoms. The van der Waals surface area contributed by atoms with Crippen molar-refractivity contribution in [2.75, 3.05) is 11.1 Å². The lowest BCUT2D eigenvalue weighted by molar-refractivity contribution is 0.882. The van der Waals surface area contributed by atoms with Crippen LogP contribution >= 0.6 is 0 Å². The number of nitrogen functional groups attached to an aromatic ring is 1. The Balaban J connectivity index is 1.93. The zero-order chi connectivity index (χ0) is 13.9. The Morgan fingerprint density at radius 2 is 1.85 bits per heavy atom. The number of hydrogen-bond acceptors (Lipinski definition) is 4. The molecule has 0 saturated heterocycles. The summed E-state index contributed by atoms with van der Waals surface area (Å²) in [7, 11) is 0. The SMILES string of the molecule is CC(Nc1ccc2ncccc2c1N)c1ccncc1. The number of nitrogens with zero attached hydrogens (tertiary/aromatic N) is 2. The lowest BCUT2D eigenvalue weighted by Crippen LogP contribution is -2.08. The van der Waals surface area contributed by atoms with Gasteiger partial charge in [-0.1, -0.05) is 0 Å². The fraction of sp³-hybridized carbons (Fsp3) is 0.125. The van der Waals surface area contributed by atoms with Crippen molar-refractivity contribution < 1.29 is 0 Å². The molecule has 1 aromatic carbocycles. The van der Waals surface area contributed by atoms with Crippen molar-refractivity contribution >= 4 is 22.3 Å². The minimum absolute atomic E-state index is 0.162. The van der Waals surface area contributed by atoms with Crippen LogP contribution in [0.5, 0.6) is 0 Å². The molecule has 0 aliphatic heterocycles. The van der Waals surface area contributed by atoms with Crippen LogP contribution in [0.2, 0.25) is 0 Å². The zero-order valence-corrected chi connectivity index (χ0v) is 11.2. The van der Waals surface area contributed by atoms with Gasteiger partial charge >= 0.3 is 0 Å². The Morgan fingerprint density at radius 1 is 1.05 bits per heavy atom. The van der Waals surface area contributed by atoms with Gasteiger partial charge in [0.05, 0.1) is 16.9 Å². The van der Waals surface area contributed by atoms with Gasteiger partial charge in [0, 0.05) is 30.0 Å². The molecule has 0 aliphatic rings. The summed E-state index contributed by atoms with van der Waals surface area (Å²) in [4.78, 5) is 8.34. The molecule has 3 aromatic rings. The van der Waals surface area contributed by atoms with E-state index in [9.17, 15) is 0 Å². The van der Waals surface area contributed by atoms with E-state index in [1.54, 1.807) is 18.6 Å².